The van der Waals surface area contributed by atoms with E-state index in [2.05, 4.69) is 27.7 Å². The number of thioether (sulfide) groups is 2. The van der Waals surface area contributed by atoms with E-state index in [4.69, 9.17) is 24.8 Å². The molecule has 11 heteroatoms. The molecule has 1 atom stereocenters. The molecule has 0 spiro atoms. The van der Waals surface area contributed by atoms with Crippen LogP contribution in [0.5, 0.6) is 0 Å². The molecule has 0 saturated carbocycles. The molecule has 0 aliphatic carbocycles. The zero-order chi connectivity index (χ0) is 30.6. The number of rotatable bonds is 11. The van der Waals surface area contributed by atoms with Gasteiger partial charge in [-0.3, -0.25) is 4.79 Å². The number of carboxylic acids is 1. The molecule has 1 heterocycles. The monoisotopic (exact) mass is 602 g/mol. The van der Waals surface area contributed by atoms with E-state index in [-0.39, 0.29) is 50.9 Å². The largest absolute Gasteiger partial charge is 0.476 e. The maximum Gasteiger partial charge on any atom is 0.372 e. The van der Waals surface area contributed by atoms with Crippen LogP contribution in [0, 0.1) is 16.2 Å². The second kappa shape index (κ2) is 22.8. The Labute approximate surface area is 246 Å². The number of carboxylic acid groups (broad SMARTS) is 1. The van der Waals surface area contributed by atoms with Gasteiger partial charge in [-0.2, -0.15) is 23.5 Å². The number of Topliss-reactive ketones (excluding diaryl/α,β-unsaturated/α-hetero) is 1. The predicted octanol–water partition coefficient (Wildman–Crippen LogP) is 4.89. The van der Waals surface area contributed by atoms with Crippen molar-refractivity contribution < 1.29 is 44.3 Å². The Balaban J connectivity index is -0.000000222. The Morgan fingerprint density at radius 2 is 1.38 bits per heavy atom. The zero-order valence-corrected chi connectivity index (χ0v) is 26.9. The summed E-state index contributed by atoms with van der Waals surface area (Å²) in [5, 5.41) is 34.9. The Bertz CT molecular complexity index is 639. The Morgan fingerprint density at radius 3 is 1.69 bits per heavy atom. The number of cyclic esters (lactones) is 1. The molecule has 0 bridgehead atoms. The van der Waals surface area contributed by atoms with Crippen LogP contribution < -0.4 is 0 Å². The third-order valence-corrected chi connectivity index (χ3v) is 7.03. The molecule has 1 fully saturated rings. The molecule has 1 aliphatic heterocycles. The van der Waals surface area contributed by atoms with Crippen LogP contribution in [-0.4, -0.2) is 94.4 Å². The molecule has 0 amide bonds. The highest BCUT2D eigenvalue weighted by molar-refractivity contribution is 7.98. The van der Waals surface area contributed by atoms with Crippen molar-refractivity contribution in [1.82, 2.24) is 0 Å². The number of esters is 1. The fraction of sp³-hybridized carbons (Fsp3) is 0.893. The Hall–Kier alpha value is -0.850. The third kappa shape index (κ3) is 24.7. The molecule has 9 nitrogen and oxygen atoms in total. The molecule has 0 aromatic rings. The summed E-state index contributed by atoms with van der Waals surface area (Å²) in [5.41, 5.74) is 0.0412. The topological polar surface area (TPSA) is 151 Å². The first-order chi connectivity index (χ1) is 17.3. The number of ketones is 1. The lowest BCUT2D eigenvalue weighted by atomic mass is 9.88. The van der Waals surface area contributed by atoms with Crippen molar-refractivity contribution in [2.24, 2.45) is 16.2 Å². The van der Waals surface area contributed by atoms with Crippen molar-refractivity contribution in [3.63, 3.8) is 0 Å². The number of carbonyl (C=O) groups is 3. The molecular formula is C28H58O9S2. The number of ether oxygens (including phenoxy) is 2. The van der Waals surface area contributed by atoms with Gasteiger partial charge in [-0.25, -0.2) is 9.59 Å². The van der Waals surface area contributed by atoms with Gasteiger partial charge in [0.15, 0.2) is 0 Å². The van der Waals surface area contributed by atoms with Gasteiger partial charge in [-0.05, 0) is 23.7 Å². The Morgan fingerprint density at radius 1 is 0.923 bits per heavy atom. The van der Waals surface area contributed by atoms with E-state index in [9.17, 15) is 19.5 Å². The third-order valence-electron chi connectivity index (χ3n) is 5.80. The van der Waals surface area contributed by atoms with Crippen LogP contribution in [-0.2, 0) is 23.9 Å². The highest BCUT2D eigenvalue weighted by Crippen LogP contribution is 2.27. The molecule has 0 aromatic heterocycles. The molecule has 236 valence electrons. The predicted molar refractivity (Wildman–Crippen MR) is 163 cm³/mol. The maximum absolute atomic E-state index is 11.5. The van der Waals surface area contributed by atoms with E-state index in [0.29, 0.717) is 23.5 Å². The summed E-state index contributed by atoms with van der Waals surface area (Å²) in [4.78, 5) is 31.7. The van der Waals surface area contributed by atoms with Crippen molar-refractivity contribution in [3.8, 4) is 0 Å². The molecule has 1 saturated heterocycles. The summed E-state index contributed by atoms with van der Waals surface area (Å²) in [6, 6.07) is 0. The summed E-state index contributed by atoms with van der Waals surface area (Å²) >= 11 is 3.02. The van der Waals surface area contributed by atoms with Gasteiger partial charge in [0.1, 0.15) is 0 Å². The standard InChI is InChI=1S/C10H18O4S.C7H16.C5H8O3S.C5H12O2.CH4/c1-9(2)6-13-8(11)10(12,14-7-9)4-5-15-3;1-5-7(3,4)6-2;1-9-3-2-4(6)5(7)8;1-5(2,3-6)4-7;/h12H,4-7H2,1-3H3;5-6H2,1-4H3;2-3H2,1H3,(H,7,8);6-7H,3-4H2,1-2H3;1H4. The smallest absolute Gasteiger partial charge is 0.372 e. The lowest BCUT2D eigenvalue weighted by Gasteiger charge is -2.24. The zero-order valence-electron chi connectivity index (χ0n) is 25.2. The lowest BCUT2D eigenvalue weighted by molar-refractivity contribution is -0.221. The number of carbonyl (C=O) groups excluding carboxylic acids is 2. The van der Waals surface area contributed by atoms with Crippen molar-refractivity contribution in [2.45, 2.75) is 94.3 Å². The molecule has 1 aliphatic rings. The lowest BCUT2D eigenvalue weighted by Crippen LogP contribution is -2.42. The van der Waals surface area contributed by atoms with E-state index in [1.165, 1.54) is 24.6 Å². The van der Waals surface area contributed by atoms with Gasteiger partial charge >= 0.3 is 11.9 Å². The van der Waals surface area contributed by atoms with E-state index in [1.807, 2.05) is 26.4 Å². The van der Waals surface area contributed by atoms with Gasteiger partial charge in [-0.1, -0.05) is 75.7 Å². The van der Waals surface area contributed by atoms with Gasteiger partial charge in [0.25, 0.3) is 5.79 Å². The molecule has 1 rings (SSSR count). The first-order valence-electron chi connectivity index (χ1n) is 12.8. The first-order valence-corrected chi connectivity index (χ1v) is 15.6. The van der Waals surface area contributed by atoms with Crippen molar-refractivity contribution in [3.05, 3.63) is 0 Å². The summed E-state index contributed by atoms with van der Waals surface area (Å²) in [7, 11) is 0. The molecule has 1 unspecified atom stereocenters. The molecule has 39 heavy (non-hydrogen) atoms. The van der Waals surface area contributed by atoms with Crippen LogP contribution >= 0.6 is 23.5 Å². The fourth-order valence-electron chi connectivity index (χ4n) is 1.81. The van der Waals surface area contributed by atoms with E-state index >= 15 is 0 Å². The number of aliphatic hydroxyl groups excluding tert-OH is 2. The minimum Gasteiger partial charge on any atom is -0.476 e. The molecule has 4 N–H and O–H groups in total. The Kier molecular flexibility index (Phi) is 26.4. The van der Waals surface area contributed by atoms with Crippen LogP contribution in [0.15, 0.2) is 0 Å². The van der Waals surface area contributed by atoms with Crippen LogP contribution in [0.3, 0.4) is 0 Å². The summed E-state index contributed by atoms with van der Waals surface area (Å²) in [5.74, 6) is -3.20. The van der Waals surface area contributed by atoms with Crippen molar-refractivity contribution in [2.75, 3.05) is 50.4 Å². The average molecular weight is 603 g/mol. The van der Waals surface area contributed by atoms with Crippen molar-refractivity contribution >= 4 is 41.2 Å². The fourth-order valence-corrected chi connectivity index (χ4v) is 2.68. The minimum atomic E-state index is -1.75. The van der Waals surface area contributed by atoms with Crippen LogP contribution in [0.2, 0.25) is 0 Å². The number of hydrogen-bond donors (Lipinski definition) is 4. The number of aliphatic carboxylic acids is 1. The minimum absolute atomic E-state index is 0. The van der Waals surface area contributed by atoms with Crippen molar-refractivity contribution in [1.29, 1.82) is 0 Å². The van der Waals surface area contributed by atoms with Gasteiger partial charge in [-0.15, -0.1) is 0 Å². The second-order valence-corrected chi connectivity index (χ2v) is 13.4. The first kappa shape index (κ1) is 45.1. The quantitative estimate of drug-likeness (QED) is 0.189. The van der Waals surface area contributed by atoms with Gasteiger partial charge < -0.3 is 29.9 Å². The molecular weight excluding hydrogens is 544 g/mol. The van der Waals surface area contributed by atoms with Gasteiger partial charge in [0.2, 0.25) is 5.78 Å². The highest BCUT2D eigenvalue weighted by atomic mass is 32.2. The average Bonchev–Trinajstić information content (AvgIpc) is 2.98. The van der Waals surface area contributed by atoms with E-state index in [1.54, 1.807) is 25.6 Å². The summed E-state index contributed by atoms with van der Waals surface area (Å²) in [6.45, 7) is 17.2. The summed E-state index contributed by atoms with van der Waals surface area (Å²) in [6.07, 6.45) is 6.73. The van der Waals surface area contributed by atoms with Crippen LogP contribution in [0.4, 0.5) is 0 Å². The number of hydrogen-bond acceptors (Lipinski definition) is 10. The maximum atomic E-state index is 11.5. The van der Waals surface area contributed by atoms with E-state index < -0.39 is 23.5 Å². The number of aliphatic hydroxyl groups is 3. The molecule has 0 radical (unpaired) electrons. The highest BCUT2D eigenvalue weighted by Gasteiger charge is 2.43. The van der Waals surface area contributed by atoms with Crippen LogP contribution in [0.25, 0.3) is 0 Å². The second-order valence-electron chi connectivity index (χ2n) is 11.4. The van der Waals surface area contributed by atoms with Gasteiger partial charge in [0.05, 0.1) is 26.4 Å². The van der Waals surface area contributed by atoms with Gasteiger partial charge in [0, 0.05) is 29.4 Å². The molecule has 0 aromatic carbocycles. The SMILES string of the molecule is C.CC(C)(CO)CO.CCC(C)(C)CC.CSCCC(=O)C(=O)O.CSCCC1(O)OCC(C)(C)COC1=O. The normalized spacial score (nSPS) is 18.2. The van der Waals surface area contributed by atoms with Crippen LogP contribution in [0.1, 0.15) is 88.5 Å². The summed E-state index contributed by atoms with van der Waals surface area (Å²) < 4.78 is 10.3. The van der Waals surface area contributed by atoms with E-state index in [0.717, 1.165) is 0 Å².